The zero-order valence-electron chi connectivity index (χ0n) is 15.4. The minimum Gasteiger partial charge on any atom is -0.440 e. The first-order valence-electron chi connectivity index (χ1n) is 8.45. The van der Waals surface area contributed by atoms with Crippen LogP contribution in [0.5, 0.6) is 0 Å². The van der Waals surface area contributed by atoms with Gasteiger partial charge in [0.25, 0.3) is 0 Å². The second kappa shape index (κ2) is 7.84. The third-order valence-corrected chi connectivity index (χ3v) is 3.58. The summed E-state index contributed by atoms with van der Waals surface area (Å²) in [5.74, 6) is -0.0266. The molecule has 0 fully saturated rings. The van der Waals surface area contributed by atoms with Crippen molar-refractivity contribution in [2.45, 2.75) is 84.9 Å². The Morgan fingerprint density at radius 2 is 1.74 bits per heavy atom. The summed E-state index contributed by atoms with van der Waals surface area (Å²) in [5.41, 5.74) is -0.823. The number of nitrogens with one attached hydrogen (secondary N) is 2. The van der Waals surface area contributed by atoms with Crippen LogP contribution < -0.4 is 10.6 Å². The van der Waals surface area contributed by atoms with E-state index in [9.17, 15) is 9.59 Å². The second-order valence-corrected chi connectivity index (χ2v) is 8.29. The zero-order valence-corrected chi connectivity index (χ0v) is 15.4. The molecule has 1 aliphatic rings. The van der Waals surface area contributed by atoms with E-state index in [0.717, 1.165) is 25.7 Å². The average Bonchev–Trinajstić information content (AvgIpc) is 2.33. The van der Waals surface area contributed by atoms with Gasteiger partial charge in [0.1, 0.15) is 6.10 Å². The van der Waals surface area contributed by atoms with E-state index in [4.69, 9.17) is 4.74 Å². The van der Waals surface area contributed by atoms with Crippen LogP contribution in [0, 0.1) is 5.41 Å². The maximum Gasteiger partial charge on any atom is 0.408 e. The standard InChI is InChI=1S/C18H32N2O3/c1-17(2,3)15(21)19-13-11-9-7-8-10-12-14(13)23-16(22)20-18(4,5)6/h10,12-14H,7-9,11H2,1-6H3,(H,19,21)(H,20,22)/b12-10+. The molecule has 5 heteroatoms. The van der Waals surface area contributed by atoms with Crippen molar-refractivity contribution in [3.05, 3.63) is 12.2 Å². The van der Waals surface area contributed by atoms with Crippen molar-refractivity contribution < 1.29 is 14.3 Å². The molecule has 0 heterocycles. The van der Waals surface area contributed by atoms with Crippen molar-refractivity contribution in [3.8, 4) is 0 Å². The average molecular weight is 324 g/mol. The summed E-state index contributed by atoms with van der Waals surface area (Å²) in [7, 11) is 0. The van der Waals surface area contributed by atoms with Crippen LogP contribution >= 0.6 is 0 Å². The number of allylic oxidation sites excluding steroid dienone is 1. The van der Waals surface area contributed by atoms with Crippen molar-refractivity contribution in [1.29, 1.82) is 0 Å². The fraction of sp³-hybridized carbons (Fsp3) is 0.778. The Hall–Kier alpha value is -1.52. The second-order valence-electron chi connectivity index (χ2n) is 8.29. The highest BCUT2D eigenvalue weighted by Crippen LogP contribution is 2.19. The predicted molar refractivity (Wildman–Crippen MR) is 92.2 cm³/mol. The van der Waals surface area contributed by atoms with Gasteiger partial charge in [-0.1, -0.05) is 33.3 Å². The molecular weight excluding hydrogens is 292 g/mol. The number of carbonyl (C=O) groups is 2. The molecular formula is C18H32N2O3. The summed E-state index contributed by atoms with van der Waals surface area (Å²) in [6.07, 6.45) is 6.89. The summed E-state index contributed by atoms with van der Waals surface area (Å²) in [6, 6.07) is -0.191. The maximum atomic E-state index is 12.3. The largest absolute Gasteiger partial charge is 0.440 e. The molecule has 23 heavy (non-hydrogen) atoms. The van der Waals surface area contributed by atoms with Crippen LogP contribution in [0.2, 0.25) is 0 Å². The van der Waals surface area contributed by atoms with E-state index in [1.165, 1.54) is 0 Å². The molecule has 0 aromatic rings. The molecule has 2 atom stereocenters. The third kappa shape index (κ3) is 7.53. The molecule has 0 saturated heterocycles. The van der Waals surface area contributed by atoms with E-state index in [1.807, 2.05) is 53.7 Å². The van der Waals surface area contributed by atoms with Gasteiger partial charge >= 0.3 is 6.09 Å². The molecule has 2 amide bonds. The molecule has 0 aromatic heterocycles. The summed E-state index contributed by atoms with van der Waals surface area (Å²) >= 11 is 0. The normalized spacial score (nSPS) is 24.1. The molecule has 0 aliphatic heterocycles. The first kappa shape index (κ1) is 19.5. The van der Waals surface area contributed by atoms with E-state index < -0.39 is 17.6 Å². The molecule has 0 spiro atoms. The molecule has 1 rings (SSSR count). The Bertz CT molecular complexity index is 444. The zero-order chi connectivity index (χ0) is 17.7. The monoisotopic (exact) mass is 324 g/mol. The lowest BCUT2D eigenvalue weighted by atomic mass is 9.93. The van der Waals surface area contributed by atoms with Gasteiger partial charge in [-0.3, -0.25) is 4.79 Å². The molecule has 0 aromatic carbocycles. The fourth-order valence-corrected chi connectivity index (χ4v) is 2.28. The minimum atomic E-state index is -0.468. The Morgan fingerprint density at radius 1 is 1.09 bits per heavy atom. The topological polar surface area (TPSA) is 67.4 Å². The Labute approximate surface area is 140 Å². The van der Waals surface area contributed by atoms with Gasteiger partial charge in [-0.05, 0) is 46.1 Å². The molecule has 1 aliphatic carbocycles. The van der Waals surface area contributed by atoms with Gasteiger partial charge in [-0.25, -0.2) is 4.79 Å². The van der Waals surface area contributed by atoms with Gasteiger partial charge in [0.05, 0.1) is 6.04 Å². The van der Waals surface area contributed by atoms with Gasteiger partial charge in [0, 0.05) is 11.0 Å². The van der Waals surface area contributed by atoms with E-state index in [-0.39, 0.29) is 17.5 Å². The fourth-order valence-electron chi connectivity index (χ4n) is 2.28. The number of alkyl carbamates (subject to hydrolysis) is 1. The predicted octanol–water partition coefficient (Wildman–Crippen LogP) is 3.54. The van der Waals surface area contributed by atoms with Crippen molar-refractivity contribution >= 4 is 12.0 Å². The number of hydrogen-bond acceptors (Lipinski definition) is 3. The third-order valence-electron chi connectivity index (χ3n) is 3.58. The van der Waals surface area contributed by atoms with Crippen LogP contribution in [0.3, 0.4) is 0 Å². The Kier molecular flexibility index (Phi) is 6.66. The highest BCUT2D eigenvalue weighted by molar-refractivity contribution is 5.81. The summed E-state index contributed by atoms with van der Waals surface area (Å²) in [5, 5.41) is 5.85. The molecule has 0 radical (unpaired) electrons. The lowest BCUT2D eigenvalue weighted by Gasteiger charge is -2.31. The smallest absolute Gasteiger partial charge is 0.408 e. The highest BCUT2D eigenvalue weighted by atomic mass is 16.6. The van der Waals surface area contributed by atoms with E-state index in [2.05, 4.69) is 10.6 Å². The molecule has 2 unspecified atom stereocenters. The van der Waals surface area contributed by atoms with Gasteiger partial charge in [0.15, 0.2) is 0 Å². The first-order valence-corrected chi connectivity index (χ1v) is 8.45. The lowest BCUT2D eigenvalue weighted by Crippen LogP contribution is -2.50. The maximum absolute atomic E-state index is 12.3. The van der Waals surface area contributed by atoms with Crippen molar-refractivity contribution in [3.63, 3.8) is 0 Å². The van der Waals surface area contributed by atoms with Gasteiger partial charge in [-0.2, -0.15) is 0 Å². The summed E-state index contributed by atoms with van der Waals surface area (Å²) < 4.78 is 5.58. The Morgan fingerprint density at radius 3 is 2.30 bits per heavy atom. The molecule has 2 N–H and O–H groups in total. The summed E-state index contributed by atoms with van der Waals surface area (Å²) in [6.45, 7) is 11.3. The highest BCUT2D eigenvalue weighted by Gasteiger charge is 2.30. The van der Waals surface area contributed by atoms with Crippen LogP contribution in [-0.2, 0) is 9.53 Å². The molecule has 0 bridgehead atoms. The van der Waals surface area contributed by atoms with Gasteiger partial charge < -0.3 is 15.4 Å². The van der Waals surface area contributed by atoms with Crippen LogP contribution in [0.15, 0.2) is 12.2 Å². The van der Waals surface area contributed by atoms with Crippen LogP contribution in [0.4, 0.5) is 4.79 Å². The SMILES string of the molecule is CC(C)(C)NC(=O)OC1/C=C/CCCCC1NC(=O)C(C)(C)C. The molecule has 132 valence electrons. The number of amides is 2. The van der Waals surface area contributed by atoms with Crippen molar-refractivity contribution in [2.24, 2.45) is 5.41 Å². The minimum absolute atomic E-state index is 0.0266. The van der Waals surface area contributed by atoms with E-state index in [1.54, 1.807) is 0 Å². The van der Waals surface area contributed by atoms with Crippen molar-refractivity contribution in [2.75, 3.05) is 0 Å². The number of hydrogen-bond donors (Lipinski definition) is 2. The van der Waals surface area contributed by atoms with Crippen LogP contribution in [0.25, 0.3) is 0 Å². The van der Waals surface area contributed by atoms with E-state index >= 15 is 0 Å². The molecule has 0 saturated carbocycles. The summed E-state index contributed by atoms with van der Waals surface area (Å²) in [4.78, 5) is 24.4. The number of ether oxygens (including phenoxy) is 1. The lowest BCUT2D eigenvalue weighted by molar-refractivity contribution is -0.130. The first-order chi connectivity index (χ1) is 10.5. The van der Waals surface area contributed by atoms with Crippen LogP contribution in [0.1, 0.15) is 67.2 Å². The van der Waals surface area contributed by atoms with Gasteiger partial charge in [-0.15, -0.1) is 0 Å². The Balaban J connectivity index is 2.81. The van der Waals surface area contributed by atoms with Crippen molar-refractivity contribution in [1.82, 2.24) is 10.6 Å². The number of carbonyl (C=O) groups excluding carboxylic acids is 2. The number of rotatable bonds is 2. The van der Waals surface area contributed by atoms with Crippen LogP contribution in [-0.4, -0.2) is 29.7 Å². The van der Waals surface area contributed by atoms with E-state index in [0.29, 0.717) is 0 Å². The quantitative estimate of drug-likeness (QED) is 0.763. The van der Waals surface area contributed by atoms with Gasteiger partial charge in [0.2, 0.25) is 5.91 Å². The molecule has 5 nitrogen and oxygen atoms in total.